The van der Waals surface area contributed by atoms with Crippen LogP contribution in [-0.2, 0) is 0 Å². The molecule has 1 aliphatic rings. The lowest BCUT2D eigenvalue weighted by atomic mass is 9.78. The van der Waals surface area contributed by atoms with E-state index in [0.717, 1.165) is 5.92 Å². The van der Waals surface area contributed by atoms with Crippen LogP contribution in [0, 0.1) is 11.8 Å². The van der Waals surface area contributed by atoms with E-state index in [1.165, 1.54) is 31.2 Å². The van der Waals surface area contributed by atoms with E-state index in [2.05, 4.69) is 37.3 Å². The fourth-order valence-corrected chi connectivity index (χ4v) is 2.59. The molecule has 0 heterocycles. The van der Waals surface area contributed by atoms with Gasteiger partial charge in [-0.15, -0.1) is 0 Å². The van der Waals surface area contributed by atoms with Gasteiger partial charge in [-0.05, 0) is 30.2 Å². The Morgan fingerprint density at radius 3 is 2.27 bits per heavy atom. The highest BCUT2D eigenvalue weighted by molar-refractivity contribution is 5.19. The summed E-state index contributed by atoms with van der Waals surface area (Å²) in [4.78, 5) is 0. The van der Waals surface area contributed by atoms with Crippen LogP contribution in [0.15, 0.2) is 30.3 Å². The summed E-state index contributed by atoms with van der Waals surface area (Å²) in [6, 6.07) is 10.8. The molecule has 15 heavy (non-hydrogen) atoms. The van der Waals surface area contributed by atoms with Crippen molar-refractivity contribution < 1.29 is 0 Å². The molecule has 1 aromatic rings. The molecule has 2 N–H and O–H groups in total. The molecule has 1 saturated carbocycles. The lowest BCUT2D eigenvalue weighted by Crippen LogP contribution is -2.25. The second kappa shape index (κ2) is 4.80. The molecule has 1 nitrogen and oxygen atoms in total. The Labute approximate surface area is 92.7 Å². The van der Waals surface area contributed by atoms with E-state index in [9.17, 15) is 0 Å². The summed E-state index contributed by atoms with van der Waals surface area (Å²) < 4.78 is 0. The minimum absolute atomic E-state index is 0.249. The summed E-state index contributed by atoms with van der Waals surface area (Å²) in [6.07, 6.45) is 5.31. The van der Waals surface area contributed by atoms with Crippen molar-refractivity contribution in [3.8, 4) is 0 Å². The van der Waals surface area contributed by atoms with Gasteiger partial charge in [0.15, 0.2) is 0 Å². The summed E-state index contributed by atoms with van der Waals surface area (Å²) in [5.41, 5.74) is 7.62. The van der Waals surface area contributed by atoms with E-state index < -0.39 is 0 Å². The van der Waals surface area contributed by atoms with Crippen LogP contribution >= 0.6 is 0 Å². The first-order chi connectivity index (χ1) is 7.27. The first-order valence-electron chi connectivity index (χ1n) is 6.08. The lowest BCUT2D eigenvalue weighted by Gasteiger charge is -2.30. The zero-order valence-corrected chi connectivity index (χ0v) is 9.52. The third-order valence-electron chi connectivity index (χ3n) is 3.75. The molecule has 1 aliphatic carbocycles. The maximum atomic E-state index is 6.32. The second-order valence-corrected chi connectivity index (χ2v) is 4.96. The van der Waals surface area contributed by atoms with Gasteiger partial charge in [-0.3, -0.25) is 0 Å². The Morgan fingerprint density at radius 2 is 1.67 bits per heavy atom. The third kappa shape index (κ3) is 2.60. The highest BCUT2D eigenvalue weighted by Gasteiger charge is 2.24. The van der Waals surface area contributed by atoms with Crippen LogP contribution in [0.1, 0.15) is 44.2 Å². The predicted molar refractivity (Wildman–Crippen MR) is 64.5 cm³/mol. The van der Waals surface area contributed by atoms with Crippen molar-refractivity contribution in [2.45, 2.75) is 38.6 Å². The Morgan fingerprint density at radius 1 is 1.07 bits per heavy atom. The quantitative estimate of drug-likeness (QED) is 0.782. The average molecular weight is 203 g/mol. The summed E-state index contributed by atoms with van der Waals surface area (Å²) in [7, 11) is 0. The number of rotatable bonds is 2. The third-order valence-corrected chi connectivity index (χ3v) is 3.75. The van der Waals surface area contributed by atoms with Crippen molar-refractivity contribution in [3.63, 3.8) is 0 Å². The zero-order valence-electron chi connectivity index (χ0n) is 9.52. The van der Waals surface area contributed by atoms with Crippen LogP contribution in [0.2, 0.25) is 0 Å². The van der Waals surface area contributed by atoms with Crippen molar-refractivity contribution in [2.75, 3.05) is 0 Å². The molecule has 0 aromatic heterocycles. The van der Waals surface area contributed by atoms with Crippen molar-refractivity contribution >= 4 is 0 Å². The van der Waals surface area contributed by atoms with Gasteiger partial charge in [-0.1, -0.05) is 50.1 Å². The van der Waals surface area contributed by atoms with Crippen molar-refractivity contribution in [3.05, 3.63) is 35.9 Å². The molecule has 1 fully saturated rings. The van der Waals surface area contributed by atoms with Crippen LogP contribution < -0.4 is 5.73 Å². The number of benzene rings is 1. The fourth-order valence-electron chi connectivity index (χ4n) is 2.59. The van der Waals surface area contributed by atoms with Crippen LogP contribution in [0.4, 0.5) is 0 Å². The maximum absolute atomic E-state index is 6.32. The van der Waals surface area contributed by atoms with Gasteiger partial charge in [0.1, 0.15) is 0 Å². The van der Waals surface area contributed by atoms with Gasteiger partial charge in [0.05, 0.1) is 0 Å². The molecule has 1 aromatic carbocycles. The molecule has 0 saturated heterocycles. The van der Waals surface area contributed by atoms with Gasteiger partial charge in [0.25, 0.3) is 0 Å². The van der Waals surface area contributed by atoms with Gasteiger partial charge in [0, 0.05) is 6.04 Å². The Balaban J connectivity index is 1.99. The highest BCUT2D eigenvalue weighted by atomic mass is 14.7. The Hall–Kier alpha value is -0.820. The molecule has 0 bridgehead atoms. The summed E-state index contributed by atoms with van der Waals surface area (Å²) in [5.74, 6) is 1.60. The molecule has 0 amide bonds. The minimum Gasteiger partial charge on any atom is -0.324 e. The topological polar surface area (TPSA) is 26.0 Å². The molecule has 0 aliphatic heterocycles. The van der Waals surface area contributed by atoms with Crippen LogP contribution in [0.25, 0.3) is 0 Å². The minimum atomic E-state index is 0.249. The molecule has 1 atom stereocenters. The Bertz CT molecular complexity index is 285. The molecular formula is C14H21N. The average Bonchev–Trinajstić information content (AvgIpc) is 2.30. The van der Waals surface area contributed by atoms with Crippen LogP contribution in [0.5, 0.6) is 0 Å². The molecular weight excluding hydrogens is 182 g/mol. The van der Waals surface area contributed by atoms with E-state index in [0.29, 0.717) is 5.92 Å². The molecule has 2 rings (SSSR count). The molecule has 82 valence electrons. The van der Waals surface area contributed by atoms with E-state index in [-0.39, 0.29) is 6.04 Å². The summed E-state index contributed by atoms with van der Waals surface area (Å²) in [5, 5.41) is 0. The summed E-state index contributed by atoms with van der Waals surface area (Å²) >= 11 is 0. The standard InChI is InChI=1S/C14H21N/c1-11-7-9-13(10-8-11)14(15)12-5-3-2-4-6-12/h2-6,11,13-14H,7-10,15H2,1H3/t11?,13?,14-/m1/s1. The zero-order chi connectivity index (χ0) is 10.7. The van der Waals surface area contributed by atoms with Crippen molar-refractivity contribution in [2.24, 2.45) is 17.6 Å². The molecule has 1 heteroatoms. The van der Waals surface area contributed by atoms with Crippen molar-refractivity contribution in [1.82, 2.24) is 0 Å². The lowest BCUT2D eigenvalue weighted by molar-refractivity contribution is 0.256. The largest absolute Gasteiger partial charge is 0.324 e. The molecule has 0 radical (unpaired) electrons. The number of hydrogen-bond donors (Lipinski definition) is 1. The highest BCUT2D eigenvalue weighted by Crippen LogP contribution is 2.35. The van der Waals surface area contributed by atoms with Crippen molar-refractivity contribution in [1.29, 1.82) is 0 Å². The van der Waals surface area contributed by atoms with Crippen LogP contribution in [-0.4, -0.2) is 0 Å². The number of hydrogen-bond acceptors (Lipinski definition) is 1. The first-order valence-corrected chi connectivity index (χ1v) is 6.08. The van der Waals surface area contributed by atoms with E-state index in [1.54, 1.807) is 0 Å². The normalized spacial score (nSPS) is 28.7. The second-order valence-electron chi connectivity index (χ2n) is 4.96. The molecule has 0 unspecified atom stereocenters. The monoisotopic (exact) mass is 203 g/mol. The first kappa shape index (κ1) is 10.7. The smallest absolute Gasteiger partial charge is 0.0323 e. The molecule has 0 spiro atoms. The van der Waals surface area contributed by atoms with Gasteiger partial charge >= 0.3 is 0 Å². The van der Waals surface area contributed by atoms with Gasteiger partial charge in [-0.25, -0.2) is 0 Å². The van der Waals surface area contributed by atoms with Gasteiger partial charge in [0.2, 0.25) is 0 Å². The van der Waals surface area contributed by atoms with E-state index >= 15 is 0 Å². The SMILES string of the molecule is CC1CCC([C@H](N)c2ccccc2)CC1. The van der Waals surface area contributed by atoms with Gasteiger partial charge < -0.3 is 5.73 Å². The maximum Gasteiger partial charge on any atom is 0.0323 e. The Kier molecular flexibility index (Phi) is 3.42. The number of nitrogens with two attached hydrogens (primary N) is 1. The summed E-state index contributed by atoms with van der Waals surface area (Å²) in [6.45, 7) is 2.35. The van der Waals surface area contributed by atoms with Gasteiger partial charge in [-0.2, -0.15) is 0 Å². The van der Waals surface area contributed by atoms with E-state index in [1.807, 2.05) is 0 Å². The van der Waals surface area contributed by atoms with Crippen LogP contribution in [0.3, 0.4) is 0 Å². The predicted octanol–water partition coefficient (Wildman–Crippen LogP) is 3.51. The van der Waals surface area contributed by atoms with E-state index in [4.69, 9.17) is 5.73 Å². The fraction of sp³-hybridized carbons (Fsp3) is 0.571.